The third kappa shape index (κ3) is 10.4. The van der Waals surface area contributed by atoms with Crippen molar-refractivity contribution < 1.29 is 9.84 Å². The molecule has 0 aliphatic heterocycles. The Morgan fingerprint density at radius 2 is 1.56 bits per heavy atom. The van der Waals surface area contributed by atoms with Crippen LogP contribution in [0.3, 0.4) is 0 Å². The second kappa shape index (κ2) is 8.97. The summed E-state index contributed by atoms with van der Waals surface area (Å²) in [5.41, 5.74) is -0.0894. The molecule has 0 aliphatic rings. The predicted molar refractivity (Wildman–Crippen MR) is 70.8 cm³/mol. The number of rotatable bonds is 7. The van der Waals surface area contributed by atoms with Crippen LogP contribution in [0.1, 0.15) is 54.4 Å². The summed E-state index contributed by atoms with van der Waals surface area (Å²) in [5, 5.41) is 12.0. The van der Waals surface area contributed by atoms with E-state index in [2.05, 4.69) is 19.2 Å². The van der Waals surface area contributed by atoms with E-state index in [1.165, 1.54) is 0 Å². The topological polar surface area (TPSA) is 41.5 Å². The van der Waals surface area contributed by atoms with Crippen LogP contribution in [0.25, 0.3) is 0 Å². The van der Waals surface area contributed by atoms with Crippen molar-refractivity contribution in [2.75, 3.05) is 20.3 Å². The van der Waals surface area contributed by atoms with Crippen molar-refractivity contribution in [3.63, 3.8) is 0 Å². The molecule has 100 valence electrons. The van der Waals surface area contributed by atoms with E-state index in [9.17, 15) is 0 Å². The van der Waals surface area contributed by atoms with Gasteiger partial charge in [-0.25, -0.2) is 0 Å². The lowest BCUT2D eigenvalue weighted by atomic mass is 10.0. The average Bonchev–Trinajstić information content (AvgIpc) is 2.20. The van der Waals surface area contributed by atoms with Gasteiger partial charge in [0.1, 0.15) is 0 Å². The lowest BCUT2D eigenvalue weighted by molar-refractivity contribution is -0.0389. The fraction of sp³-hybridized carbons (Fsp3) is 1.00. The molecule has 3 heteroatoms. The Balaban J connectivity index is 0. The molecule has 16 heavy (non-hydrogen) atoms. The molecule has 0 unspecified atom stereocenters. The second-order valence-corrected chi connectivity index (χ2v) is 4.97. The third-order valence-corrected chi connectivity index (χ3v) is 2.61. The molecule has 0 aliphatic carbocycles. The number of nitrogens with one attached hydrogen (secondary N) is 1. The zero-order valence-electron chi connectivity index (χ0n) is 12.2. The van der Waals surface area contributed by atoms with Crippen molar-refractivity contribution in [2.24, 2.45) is 0 Å². The molecule has 0 rings (SSSR count). The van der Waals surface area contributed by atoms with Crippen LogP contribution >= 0.6 is 0 Å². The third-order valence-electron chi connectivity index (χ3n) is 2.61. The van der Waals surface area contributed by atoms with Gasteiger partial charge in [0.2, 0.25) is 0 Å². The van der Waals surface area contributed by atoms with E-state index in [0.717, 1.165) is 13.0 Å². The number of hydrogen-bond acceptors (Lipinski definition) is 3. The summed E-state index contributed by atoms with van der Waals surface area (Å²) >= 11 is 0. The van der Waals surface area contributed by atoms with Crippen molar-refractivity contribution in [1.29, 1.82) is 0 Å². The molecule has 0 saturated heterocycles. The number of aliphatic hydroxyl groups is 1. The lowest BCUT2D eigenvalue weighted by Gasteiger charge is -2.28. The van der Waals surface area contributed by atoms with E-state index in [-0.39, 0.29) is 17.7 Å². The Bertz CT molecular complexity index is 156. The quantitative estimate of drug-likeness (QED) is 0.710. The van der Waals surface area contributed by atoms with E-state index < -0.39 is 0 Å². The first-order valence-electron chi connectivity index (χ1n) is 6.27. The smallest absolute Gasteiger partial charge is 0.0648 e. The van der Waals surface area contributed by atoms with E-state index in [1.807, 2.05) is 34.7 Å². The van der Waals surface area contributed by atoms with Gasteiger partial charge in [-0.15, -0.1) is 0 Å². The zero-order chi connectivity index (χ0) is 13.2. The average molecular weight is 233 g/mol. The first-order chi connectivity index (χ1) is 7.33. The Kier molecular flexibility index (Phi) is 10.2. The predicted octanol–water partition coefficient (Wildman–Crippen LogP) is 2.58. The van der Waals surface area contributed by atoms with Crippen molar-refractivity contribution in [1.82, 2.24) is 5.32 Å². The summed E-state index contributed by atoms with van der Waals surface area (Å²) in [4.78, 5) is 0. The van der Waals surface area contributed by atoms with Crippen LogP contribution < -0.4 is 5.32 Å². The standard InChI is InChI=1S/C11H25NO2.C2H6/c1-10(2,12-5)7-9-14-11(3,4)6-8-13;1-2/h12-13H,6-9H2,1-5H3;1-2H3. The second-order valence-electron chi connectivity index (χ2n) is 4.97. The summed E-state index contributed by atoms with van der Waals surface area (Å²) in [6, 6.07) is 0. The number of ether oxygens (including phenoxy) is 1. The maximum Gasteiger partial charge on any atom is 0.0648 e. The van der Waals surface area contributed by atoms with Crippen molar-refractivity contribution in [3.05, 3.63) is 0 Å². The summed E-state index contributed by atoms with van der Waals surface area (Å²) < 4.78 is 5.71. The molecular weight excluding hydrogens is 202 g/mol. The summed E-state index contributed by atoms with van der Waals surface area (Å²) in [7, 11) is 1.96. The Hall–Kier alpha value is -0.120. The highest BCUT2D eigenvalue weighted by atomic mass is 16.5. The molecule has 0 aromatic rings. The van der Waals surface area contributed by atoms with Crippen molar-refractivity contribution in [2.45, 2.75) is 65.5 Å². The summed E-state index contributed by atoms with van der Waals surface area (Å²) in [6.45, 7) is 13.2. The van der Waals surface area contributed by atoms with Gasteiger partial charge in [-0.05, 0) is 47.6 Å². The van der Waals surface area contributed by atoms with Crippen LogP contribution in [0.15, 0.2) is 0 Å². The molecule has 0 aromatic heterocycles. The molecule has 0 spiro atoms. The fourth-order valence-electron chi connectivity index (χ4n) is 1.05. The molecule has 0 atom stereocenters. The minimum absolute atomic E-state index is 0.120. The van der Waals surface area contributed by atoms with Gasteiger partial charge in [0.05, 0.1) is 5.60 Å². The maximum atomic E-state index is 8.81. The maximum absolute atomic E-state index is 8.81. The van der Waals surface area contributed by atoms with Crippen LogP contribution in [0.4, 0.5) is 0 Å². The highest BCUT2D eigenvalue weighted by Crippen LogP contribution is 2.16. The molecule has 2 N–H and O–H groups in total. The van der Waals surface area contributed by atoms with E-state index >= 15 is 0 Å². The summed E-state index contributed by atoms with van der Waals surface area (Å²) in [6.07, 6.45) is 1.66. The van der Waals surface area contributed by atoms with Crippen LogP contribution in [-0.4, -0.2) is 36.5 Å². The van der Waals surface area contributed by atoms with Gasteiger partial charge >= 0.3 is 0 Å². The minimum Gasteiger partial charge on any atom is -0.396 e. The normalized spacial score (nSPS) is 12.0. The minimum atomic E-state index is -0.210. The van der Waals surface area contributed by atoms with Crippen LogP contribution in [0, 0.1) is 0 Å². The highest BCUT2D eigenvalue weighted by molar-refractivity contribution is 4.76. The Morgan fingerprint density at radius 1 is 1.06 bits per heavy atom. The van der Waals surface area contributed by atoms with Gasteiger partial charge in [-0.2, -0.15) is 0 Å². The SMILES string of the molecule is CC.CNC(C)(C)CCOC(C)(C)CCO. The van der Waals surface area contributed by atoms with Gasteiger partial charge in [-0.1, -0.05) is 13.8 Å². The molecule has 0 amide bonds. The van der Waals surface area contributed by atoms with E-state index in [1.54, 1.807) is 0 Å². The molecule has 0 heterocycles. The molecule has 0 aromatic carbocycles. The van der Waals surface area contributed by atoms with Gasteiger partial charge in [0, 0.05) is 18.8 Å². The molecule has 0 fully saturated rings. The highest BCUT2D eigenvalue weighted by Gasteiger charge is 2.20. The van der Waals surface area contributed by atoms with Gasteiger partial charge in [-0.3, -0.25) is 0 Å². The fourth-order valence-corrected chi connectivity index (χ4v) is 1.05. The molecule has 3 nitrogen and oxygen atoms in total. The largest absolute Gasteiger partial charge is 0.396 e. The zero-order valence-corrected chi connectivity index (χ0v) is 12.2. The Labute approximate surface area is 102 Å². The number of aliphatic hydroxyl groups excluding tert-OH is 1. The van der Waals surface area contributed by atoms with Crippen molar-refractivity contribution in [3.8, 4) is 0 Å². The van der Waals surface area contributed by atoms with Crippen LogP contribution in [0.2, 0.25) is 0 Å². The van der Waals surface area contributed by atoms with E-state index in [4.69, 9.17) is 9.84 Å². The van der Waals surface area contributed by atoms with Gasteiger partial charge in [0.15, 0.2) is 0 Å². The first kappa shape index (κ1) is 18.3. The lowest BCUT2D eigenvalue weighted by Crippen LogP contribution is -2.38. The molecular formula is C13H31NO2. The van der Waals surface area contributed by atoms with Gasteiger partial charge in [0.25, 0.3) is 0 Å². The Morgan fingerprint density at radius 3 is 1.94 bits per heavy atom. The van der Waals surface area contributed by atoms with Crippen molar-refractivity contribution >= 4 is 0 Å². The molecule has 0 bridgehead atoms. The molecule has 0 radical (unpaired) electrons. The number of hydrogen-bond donors (Lipinski definition) is 2. The molecule has 0 saturated carbocycles. The van der Waals surface area contributed by atoms with E-state index in [0.29, 0.717) is 6.42 Å². The van der Waals surface area contributed by atoms with Gasteiger partial charge < -0.3 is 15.2 Å². The summed E-state index contributed by atoms with van der Waals surface area (Å²) in [5.74, 6) is 0. The van der Waals surface area contributed by atoms with Crippen LogP contribution in [-0.2, 0) is 4.74 Å². The first-order valence-corrected chi connectivity index (χ1v) is 6.27. The van der Waals surface area contributed by atoms with Crippen LogP contribution in [0.5, 0.6) is 0 Å². The monoisotopic (exact) mass is 233 g/mol.